The van der Waals surface area contributed by atoms with Crippen LogP contribution in [-0.2, 0) is 6.18 Å². The minimum absolute atomic E-state index is 0.139. The zero-order chi connectivity index (χ0) is 24.3. The van der Waals surface area contributed by atoms with Gasteiger partial charge in [0.05, 0.1) is 0 Å². The molecule has 12 heteroatoms. The third-order valence-electron chi connectivity index (χ3n) is 4.56. The molecule has 0 saturated heterocycles. The van der Waals surface area contributed by atoms with E-state index in [1.807, 2.05) is 18.4 Å². The van der Waals surface area contributed by atoms with Crippen LogP contribution in [-0.4, -0.2) is 35.6 Å². The topological polar surface area (TPSA) is 98.5 Å². The maximum atomic E-state index is 12.8. The van der Waals surface area contributed by atoms with Gasteiger partial charge in [-0.25, -0.2) is 15.0 Å². The first-order valence-corrected chi connectivity index (χ1v) is 10.9. The molecule has 0 unspecified atom stereocenters. The molecule has 0 atom stereocenters. The maximum Gasteiger partial charge on any atom is 0.451 e. The number of anilines is 1. The number of nitrogens with one attached hydrogen (secondary N) is 1. The van der Waals surface area contributed by atoms with Gasteiger partial charge < -0.3 is 9.88 Å². The second-order valence-electron chi connectivity index (χ2n) is 7.39. The zero-order valence-corrected chi connectivity index (χ0v) is 18.8. The van der Waals surface area contributed by atoms with Crippen molar-refractivity contribution in [1.82, 2.24) is 29.7 Å². The summed E-state index contributed by atoms with van der Waals surface area (Å²) in [6.45, 7) is 4.00. The fourth-order valence-corrected chi connectivity index (χ4v) is 3.79. The lowest BCUT2D eigenvalue weighted by Crippen LogP contribution is -2.13. The van der Waals surface area contributed by atoms with Crippen LogP contribution >= 0.6 is 11.8 Å². The highest BCUT2D eigenvalue weighted by molar-refractivity contribution is 7.99. The minimum atomic E-state index is -4.60. The number of nitrogens with zero attached hydrogens (tertiary/aromatic N) is 6. The lowest BCUT2D eigenvalue weighted by Gasteiger charge is -2.11. The zero-order valence-electron chi connectivity index (χ0n) is 18.0. The lowest BCUT2D eigenvalue weighted by atomic mass is 10.2. The minimum Gasteiger partial charge on any atom is -0.310 e. The van der Waals surface area contributed by atoms with E-state index in [4.69, 9.17) is 0 Å². The Labute approximate surface area is 196 Å². The molecule has 0 saturated carbocycles. The van der Waals surface area contributed by atoms with Crippen LogP contribution in [0.2, 0.25) is 0 Å². The van der Waals surface area contributed by atoms with Gasteiger partial charge >= 0.3 is 6.18 Å². The maximum absolute atomic E-state index is 12.8. The average molecular weight is 485 g/mol. The monoisotopic (exact) mass is 485 g/mol. The first-order chi connectivity index (χ1) is 16.2. The van der Waals surface area contributed by atoms with Gasteiger partial charge in [-0.3, -0.25) is 4.79 Å². The van der Waals surface area contributed by atoms with E-state index in [-0.39, 0.29) is 11.9 Å². The molecule has 1 N–H and O–H groups in total. The molecule has 1 aromatic carbocycles. The number of hydrogen-bond donors (Lipinski definition) is 1. The summed E-state index contributed by atoms with van der Waals surface area (Å²) in [5.74, 6) is -0.661. The van der Waals surface area contributed by atoms with Gasteiger partial charge in [0.1, 0.15) is 17.8 Å². The number of rotatable bonds is 6. The molecule has 0 aliphatic rings. The van der Waals surface area contributed by atoms with E-state index in [1.165, 1.54) is 0 Å². The molecule has 0 spiro atoms. The second kappa shape index (κ2) is 9.59. The summed E-state index contributed by atoms with van der Waals surface area (Å²) in [7, 11) is 0. The number of hydrogen-bond acceptors (Lipinski definition) is 7. The standard InChI is InChI=1S/C22H18F3N7OS/c1-13(2)32-12-28-31-19(32)17-7-4-8-18(29-17)30-20(33)14-5-3-6-15(9-14)34-16-10-26-21(27-11-16)22(23,24)25/h3-13H,1-2H3,(H,29,30,33). The van der Waals surface area contributed by atoms with Gasteiger partial charge in [-0.05, 0) is 44.2 Å². The van der Waals surface area contributed by atoms with Crippen molar-refractivity contribution in [3.8, 4) is 11.5 Å². The average Bonchev–Trinajstić information content (AvgIpc) is 3.30. The summed E-state index contributed by atoms with van der Waals surface area (Å²) >= 11 is 1.14. The molecule has 34 heavy (non-hydrogen) atoms. The highest BCUT2D eigenvalue weighted by Crippen LogP contribution is 2.30. The number of amides is 1. The smallest absolute Gasteiger partial charge is 0.310 e. The predicted molar refractivity (Wildman–Crippen MR) is 119 cm³/mol. The molecule has 0 aliphatic heterocycles. The Morgan fingerprint density at radius 1 is 1.06 bits per heavy atom. The van der Waals surface area contributed by atoms with Crippen molar-refractivity contribution >= 4 is 23.5 Å². The first kappa shape index (κ1) is 23.4. The van der Waals surface area contributed by atoms with Crippen LogP contribution < -0.4 is 5.32 Å². The Morgan fingerprint density at radius 3 is 2.50 bits per heavy atom. The van der Waals surface area contributed by atoms with Crippen molar-refractivity contribution in [2.75, 3.05) is 5.32 Å². The molecule has 1 amide bonds. The van der Waals surface area contributed by atoms with E-state index in [0.717, 1.165) is 24.2 Å². The Bertz CT molecular complexity index is 1310. The van der Waals surface area contributed by atoms with Gasteiger partial charge in [0, 0.05) is 33.8 Å². The van der Waals surface area contributed by atoms with Crippen molar-refractivity contribution in [3.05, 3.63) is 72.6 Å². The normalized spacial score (nSPS) is 11.6. The van der Waals surface area contributed by atoms with Crippen molar-refractivity contribution in [2.45, 2.75) is 35.9 Å². The SMILES string of the molecule is CC(C)n1cnnc1-c1cccc(NC(=O)c2cccc(Sc3cnc(C(F)(F)F)nc3)c2)n1. The van der Waals surface area contributed by atoms with Gasteiger partial charge in [-0.2, -0.15) is 13.2 Å². The molecule has 4 aromatic rings. The van der Waals surface area contributed by atoms with Crippen LogP contribution in [0.5, 0.6) is 0 Å². The summed E-state index contributed by atoms with van der Waals surface area (Å²) in [6, 6.07) is 12.0. The van der Waals surface area contributed by atoms with Crippen molar-refractivity contribution in [3.63, 3.8) is 0 Å². The van der Waals surface area contributed by atoms with Crippen molar-refractivity contribution in [1.29, 1.82) is 0 Å². The van der Waals surface area contributed by atoms with Crippen LogP contribution in [0.3, 0.4) is 0 Å². The van der Waals surface area contributed by atoms with Crippen LogP contribution in [0.1, 0.15) is 36.1 Å². The Morgan fingerprint density at radius 2 is 1.79 bits per heavy atom. The summed E-state index contributed by atoms with van der Waals surface area (Å²) in [6.07, 6.45) is -0.786. The fraction of sp³-hybridized carbons (Fsp3) is 0.182. The van der Waals surface area contributed by atoms with Crippen molar-refractivity contribution in [2.24, 2.45) is 0 Å². The van der Waals surface area contributed by atoms with E-state index in [9.17, 15) is 18.0 Å². The summed E-state index contributed by atoms with van der Waals surface area (Å²) < 4.78 is 39.8. The fourth-order valence-electron chi connectivity index (χ4n) is 2.97. The Kier molecular flexibility index (Phi) is 6.59. The van der Waals surface area contributed by atoms with Gasteiger partial charge in [0.25, 0.3) is 5.91 Å². The summed E-state index contributed by atoms with van der Waals surface area (Å²) in [4.78, 5) is 25.0. The molecule has 8 nitrogen and oxygen atoms in total. The quantitative estimate of drug-likeness (QED) is 0.404. The number of carbonyl (C=O) groups excluding carboxylic acids is 1. The lowest BCUT2D eigenvalue weighted by molar-refractivity contribution is -0.145. The van der Waals surface area contributed by atoms with Crippen LogP contribution in [0.15, 0.2) is 71.0 Å². The summed E-state index contributed by atoms with van der Waals surface area (Å²) in [5.41, 5.74) is 0.922. The number of carbonyl (C=O) groups is 1. The van der Waals surface area contributed by atoms with Gasteiger partial charge in [-0.1, -0.05) is 23.9 Å². The number of alkyl halides is 3. The molecule has 174 valence electrons. The number of pyridine rings is 1. The van der Waals surface area contributed by atoms with Crippen molar-refractivity contribution < 1.29 is 18.0 Å². The molecule has 0 fully saturated rings. The highest BCUT2D eigenvalue weighted by Gasteiger charge is 2.34. The van der Waals surface area contributed by atoms with Crippen LogP contribution in [0.4, 0.5) is 19.0 Å². The van der Waals surface area contributed by atoms with Gasteiger partial charge in [0.2, 0.25) is 5.82 Å². The van der Waals surface area contributed by atoms with E-state index in [1.54, 1.807) is 48.8 Å². The third-order valence-corrected chi connectivity index (χ3v) is 5.50. The number of aromatic nitrogens is 6. The Balaban J connectivity index is 1.48. The van der Waals surface area contributed by atoms with Crippen LogP contribution in [0, 0.1) is 0 Å². The molecule has 0 radical (unpaired) electrons. The molecule has 0 bridgehead atoms. The molecule has 4 rings (SSSR count). The largest absolute Gasteiger partial charge is 0.451 e. The van der Waals surface area contributed by atoms with E-state index >= 15 is 0 Å². The van der Waals surface area contributed by atoms with Gasteiger partial charge in [-0.15, -0.1) is 10.2 Å². The third kappa shape index (κ3) is 5.39. The first-order valence-electron chi connectivity index (χ1n) is 10.1. The van der Waals surface area contributed by atoms with E-state index in [0.29, 0.717) is 32.7 Å². The Hall–Kier alpha value is -3.80. The molecule has 0 aliphatic carbocycles. The molecular formula is C22H18F3N7OS. The number of halogens is 3. The number of benzene rings is 1. The second-order valence-corrected chi connectivity index (χ2v) is 8.53. The molecule has 3 aromatic heterocycles. The van der Waals surface area contributed by atoms with Crippen LogP contribution in [0.25, 0.3) is 11.5 Å². The van der Waals surface area contributed by atoms with E-state index < -0.39 is 12.0 Å². The van der Waals surface area contributed by atoms with E-state index in [2.05, 4.69) is 30.5 Å². The molecule has 3 heterocycles. The summed E-state index contributed by atoms with van der Waals surface area (Å²) in [5, 5.41) is 10.8. The van der Waals surface area contributed by atoms with Gasteiger partial charge in [0.15, 0.2) is 5.82 Å². The molecular weight excluding hydrogens is 467 g/mol. The predicted octanol–water partition coefficient (Wildman–Crippen LogP) is 5.13. The highest BCUT2D eigenvalue weighted by atomic mass is 32.2.